The molecule has 31 heavy (non-hydrogen) atoms. The minimum atomic E-state index is 0. The van der Waals surface area contributed by atoms with Gasteiger partial charge in [-0.25, -0.2) is 0 Å². The minimum Gasteiger partial charge on any atom is -0.328 e. The summed E-state index contributed by atoms with van der Waals surface area (Å²) in [5.74, 6) is 0.885. The predicted molar refractivity (Wildman–Crippen MR) is 119 cm³/mol. The molecule has 0 spiro atoms. The molecule has 0 atom stereocenters. The SMILES string of the molecule is [Ra].[Rb].[Y].[Y].[c-]1ccc(Cc2ccc(Cc3ccc(CC4CC[CH-]CC4)cc3)cc2)cc1. The molecule has 0 amide bonds. The Balaban J connectivity index is 0.00000225. The van der Waals surface area contributed by atoms with Crippen molar-refractivity contribution in [3.63, 3.8) is 0 Å². The van der Waals surface area contributed by atoms with Gasteiger partial charge in [0.1, 0.15) is 0 Å². The maximum absolute atomic E-state index is 3.08. The summed E-state index contributed by atoms with van der Waals surface area (Å²) in [6.07, 6.45) is 11.1. The van der Waals surface area contributed by atoms with E-state index in [0.717, 1.165) is 18.8 Å². The second-order valence-corrected chi connectivity index (χ2v) is 7.91. The van der Waals surface area contributed by atoms with Gasteiger partial charge in [0.2, 0.25) is 0 Å². The van der Waals surface area contributed by atoms with Gasteiger partial charge in [-0.2, -0.15) is 48.7 Å². The van der Waals surface area contributed by atoms with Crippen LogP contribution in [-0.2, 0) is 84.7 Å². The fourth-order valence-corrected chi connectivity index (χ4v) is 4.11. The summed E-state index contributed by atoms with van der Waals surface area (Å²) < 4.78 is 0. The molecule has 4 heteroatoms. The van der Waals surface area contributed by atoms with Crippen LogP contribution in [0.1, 0.15) is 53.5 Å². The average Bonchev–Trinajstić information content (AvgIpc) is 2.73. The Bertz CT molecular complexity index is 829. The van der Waals surface area contributed by atoms with Gasteiger partial charge in [0.25, 0.3) is 0 Å². The van der Waals surface area contributed by atoms with E-state index < -0.39 is 0 Å². The zero-order valence-corrected chi connectivity index (χ0v) is 35.3. The molecule has 1 saturated carbocycles. The second-order valence-electron chi connectivity index (χ2n) is 7.91. The van der Waals surface area contributed by atoms with Crippen LogP contribution in [0.15, 0.2) is 72.8 Å². The first-order valence-electron chi connectivity index (χ1n) is 10.3. The molecule has 147 valence electrons. The largest absolute Gasteiger partial charge is 0.328 e. The number of benzene rings is 3. The third kappa shape index (κ3) is 12.3. The fraction of sp³-hybridized carbons (Fsp3) is 0.296. The maximum atomic E-state index is 3.08. The summed E-state index contributed by atoms with van der Waals surface area (Å²) in [6, 6.07) is 29.7. The number of rotatable bonds is 6. The first kappa shape index (κ1) is 34.1. The summed E-state index contributed by atoms with van der Waals surface area (Å²) in [7, 11) is 0. The van der Waals surface area contributed by atoms with Crippen LogP contribution >= 0.6 is 0 Å². The molecule has 0 nitrogen and oxygen atoms in total. The van der Waals surface area contributed by atoms with E-state index in [0.29, 0.717) is 0 Å². The quantitative estimate of drug-likeness (QED) is 0.259. The molecule has 0 aliphatic heterocycles. The van der Waals surface area contributed by atoms with Gasteiger partial charge in [-0.3, -0.25) is 0 Å². The summed E-state index contributed by atoms with van der Waals surface area (Å²) in [4.78, 5) is 0. The molecule has 5 radical (unpaired) electrons. The summed E-state index contributed by atoms with van der Waals surface area (Å²) in [6.45, 7) is 0. The van der Waals surface area contributed by atoms with Crippen LogP contribution in [0.4, 0.5) is 0 Å². The van der Waals surface area contributed by atoms with Crippen molar-refractivity contribution < 1.29 is 110 Å². The van der Waals surface area contributed by atoms with Crippen LogP contribution in [0.5, 0.6) is 0 Å². The van der Waals surface area contributed by atoms with Crippen molar-refractivity contribution in [3.05, 3.63) is 113 Å². The molecule has 0 bridgehead atoms. The standard InChI is InChI=1S/C27H28.Ra.Rb.2Y/c1-3-7-22(8-4-1)19-24-11-15-26(16-12-24)21-27-17-13-25(14-18-27)20-23-9-5-2-6-10-23;;;;/h1,5-6,9-18,22H,3-4,7-8,19-21H2;;;;/q-2;;;;. The summed E-state index contributed by atoms with van der Waals surface area (Å²) in [5, 5.41) is 0. The van der Waals surface area contributed by atoms with Gasteiger partial charge in [-0.1, -0.05) is 61.4 Å². The Hall–Kier alpha value is 3.14. The van der Waals surface area contributed by atoms with Crippen LogP contribution < -0.4 is 0 Å². The molecule has 0 N–H and O–H groups in total. The third-order valence-electron chi connectivity index (χ3n) is 5.73. The van der Waals surface area contributed by atoms with Gasteiger partial charge in [0, 0.05) is 169 Å². The Morgan fingerprint density at radius 3 is 1.48 bits per heavy atom. The molecular weight excluding hydrogens is 814 g/mol. The van der Waals surface area contributed by atoms with E-state index in [2.05, 4.69) is 73.2 Å². The first-order valence-corrected chi connectivity index (χ1v) is 10.3. The molecule has 0 unspecified atom stereocenters. The van der Waals surface area contributed by atoms with Crippen molar-refractivity contribution in [2.24, 2.45) is 5.92 Å². The van der Waals surface area contributed by atoms with E-state index in [1.807, 2.05) is 12.1 Å². The molecule has 3 aromatic rings. The predicted octanol–water partition coefficient (Wildman–Crippen LogP) is 6.22. The van der Waals surface area contributed by atoms with Gasteiger partial charge < -0.3 is 6.42 Å². The Morgan fingerprint density at radius 1 is 0.645 bits per heavy atom. The topological polar surface area (TPSA) is 0 Å². The van der Waals surface area contributed by atoms with Gasteiger partial charge in [0.15, 0.2) is 0 Å². The van der Waals surface area contributed by atoms with E-state index >= 15 is 0 Å². The molecule has 3 aromatic carbocycles. The summed E-state index contributed by atoms with van der Waals surface area (Å²) in [5.41, 5.74) is 7.00. The Labute approximate surface area is 325 Å². The smallest absolute Gasteiger partial charge is 0 e. The molecule has 0 saturated heterocycles. The van der Waals surface area contributed by atoms with E-state index in [4.69, 9.17) is 0 Å². The van der Waals surface area contributed by atoms with Gasteiger partial charge >= 0.3 is 0 Å². The van der Waals surface area contributed by atoms with Crippen LogP contribution in [0, 0.1) is 63.4 Å². The van der Waals surface area contributed by atoms with Crippen LogP contribution in [-0.4, -0.2) is 58.2 Å². The van der Waals surface area contributed by atoms with Gasteiger partial charge in [-0.05, 0) is 47.4 Å². The normalized spacial score (nSPS) is 13.0. The van der Waals surface area contributed by atoms with Crippen molar-refractivity contribution in [2.75, 3.05) is 0 Å². The van der Waals surface area contributed by atoms with Gasteiger partial charge in [-0.15, -0.1) is 0 Å². The van der Waals surface area contributed by atoms with Crippen molar-refractivity contribution in [2.45, 2.75) is 44.9 Å². The number of hydrogen-bond acceptors (Lipinski definition) is 0. The van der Waals surface area contributed by atoms with Crippen molar-refractivity contribution in [1.82, 2.24) is 0 Å². The molecule has 0 aromatic heterocycles. The zero-order valence-electron chi connectivity index (χ0n) is 18.9. The number of hydrogen-bond donors (Lipinski definition) is 0. The zero-order chi connectivity index (χ0) is 18.3. The minimum absolute atomic E-state index is 0. The molecule has 4 rings (SSSR count). The van der Waals surface area contributed by atoms with E-state index in [1.165, 1.54) is 59.9 Å². The van der Waals surface area contributed by atoms with Crippen LogP contribution in [0.25, 0.3) is 0 Å². The van der Waals surface area contributed by atoms with Crippen LogP contribution in [0.2, 0.25) is 0 Å². The molecule has 1 aliphatic rings. The average molecular weight is 842 g/mol. The van der Waals surface area contributed by atoms with E-state index in [9.17, 15) is 0 Å². The van der Waals surface area contributed by atoms with E-state index in [-0.39, 0.29) is 169 Å². The van der Waals surface area contributed by atoms with Crippen molar-refractivity contribution >= 4 is 58.2 Å². The fourth-order valence-electron chi connectivity index (χ4n) is 4.11. The third-order valence-corrected chi connectivity index (χ3v) is 5.73. The maximum Gasteiger partial charge on any atom is 0 e. The molecule has 1 aliphatic carbocycles. The van der Waals surface area contributed by atoms with E-state index in [1.54, 1.807) is 0 Å². The van der Waals surface area contributed by atoms with Gasteiger partial charge in [0.05, 0.1) is 0 Å². The second kappa shape index (κ2) is 19.3. The Kier molecular flexibility index (Phi) is 21.2. The summed E-state index contributed by atoms with van der Waals surface area (Å²) >= 11 is 0. The first-order chi connectivity index (χ1) is 13.3. The van der Waals surface area contributed by atoms with Crippen molar-refractivity contribution in [3.8, 4) is 0 Å². The molecule has 0 heterocycles. The Morgan fingerprint density at radius 2 is 1.03 bits per heavy atom. The monoisotopic (exact) mass is 841 g/mol. The van der Waals surface area contributed by atoms with Crippen LogP contribution in [0.3, 0.4) is 0 Å². The molecule has 1 fully saturated rings. The molecular formula is C27H28RaRbY2-2. The van der Waals surface area contributed by atoms with Crippen molar-refractivity contribution in [1.29, 1.82) is 0 Å².